The van der Waals surface area contributed by atoms with Crippen molar-refractivity contribution in [2.45, 2.75) is 75.4 Å². The Kier molecular flexibility index (Phi) is 8.68. The zero-order valence-electron chi connectivity index (χ0n) is 26.7. The first-order valence-corrected chi connectivity index (χ1v) is 18.2. The fourth-order valence-corrected chi connectivity index (χ4v) is 10.2. The Hall–Kier alpha value is -3.12. The monoisotopic (exact) mass is 680 g/mol. The number of aliphatic hydroxyl groups excluding tert-OH is 1. The van der Waals surface area contributed by atoms with Crippen molar-refractivity contribution in [3.63, 3.8) is 0 Å². The molecule has 4 aliphatic carbocycles. The van der Waals surface area contributed by atoms with Gasteiger partial charge in [-0.2, -0.15) is 12.6 Å². The summed E-state index contributed by atoms with van der Waals surface area (Å²) in [6.45, 7) is 4.22. The van der Waals surface area contributed by atoms with Crippen molar-refractivity contribution in [3.05, 3.63) is 63.8 Å². The van der Waals surface area contributed by atoms with Crippen LogP contribution in [0.25, 0.3) is 21.9 Å². The van der Waals surface area contributed by atoms with Gasteiger partial charge in [0.25, 0.3) is 0 Å². The fourth-order valence-electron chi connectivity index (χ4n) is 9.43. The van der Waals surface area contributed by atoms with E-state index in [1.807, 2.05) is 13.0 Å². The topological polar surface area (TPSA) is 159 Å². The fraction of sp³-hybridized carbons (Fsp3) is 0.500. The molecule has 250 valence electrons. The minimum absolute atomic E-state index is 0.0179. The number of thiol groups is 1. The molecule has 8 atom stereocenters. The molecular formula is C36H40O9S2. The van der Waals surface area contributed by atoms with E-state index in [0.717, 1.165) is 25.7 Å². The van der Waals surface area contributed by atoms with Crippen molar-refractivity contribution in [2.24, 2.45) is 28.6 Å². The van der Waals surface area contributed by atoms with Gasteiger partial charge in [0.1, 0.15) is 16.8 Å². The van der Waals surface area contributed by atoms with Gasteiger partial charge in [0.2, 0.25) is 5.43 Å². The highest BCUT2D eigenvalue weighted by Gasteiger charge is 2.68. The van der Waals surface area contributed by atoms with Crippen molar-refractivity contribution < 1.29 is 38.3 Å². The summed E-state index contributed by atoms with van der Waals surface area (Å²) in [4.78, 5) is 48.4. The molecule has 4 aliphatic rings. The highest BCUT2D eigenvalue weighted by molar-refractivity contribution is 7.84. The second kappa shape index (κ2) is 12.1. The van der Waals surface area contributed by atoms with Gasteiger partial charge in [0, 0.05) is 33.8 Å². The van der Waals surface area contributed by atoms with E-state index in [4.69, 9.17) is 9.52 Å². The van der Waals surface area contributed by atoms with E-state index in [1.54, 1.807) is 12.1 Å². The molecule has 0 bridgehead atoms. The zero-order chi connectivity index (χ0) is 34.1. The number of carbonyl (C=O) groups is 3. The smallest absolute Gasteiger partial charge is 0.335 e. The Labute approximate surface area is 280 Å². The lowest BCUT2D eigenvalue weighted by Crippen LogP contribution is -2.61. The van der Waals surface area contributed by atoms with Crippen LogP contribution in [0.15, 0.2) is 62.2 Å². The van der Waals surface area contributed by atoms with Gasteiger partial charge in [0.15, 0.2) is 11.6 Å². The average molecular weight is 681 g/mol. The zero-order valence-corrected chi connectivity index (χ0v) is 28.4. The summed E-state index contributed by atoms with van der Waals surface area (Å²) in [5.74, 6) is -0.429. The lowest BCUT2D eigenvalue weighted by atomic mass is 9.45. The summed E-state index contributed by atoms with van der Waals surface area (Å²) in [6.07, 6.45) is 7.73. The summed E-state index contributed by atoms with van der Waals surface area (Å²) >= 11 is 4.13. The molecule has 1 unspecified atom stereocenters. The van der Waals surface area contributed by atoms with Crippen molar-refractivity contribution in [1.29, 1.82) is 0 Å². The standard InChI is InChI=1S/C21H30O4S.C15H10O5S/c1-19-7-5-13(22)9-12(19)3-4-14-15-6-8-21(25,17(24)11-26)20(15,2)10-16(23)18(14)19;1-21(19)9-3-5-13-11(7-9)14(16)10-6-8(15(17)18)2-4-12(10)20-13/h9,14-16,18,23,25-26H,3-8,10-11H2,1-2H3;2-7H,1H3,(H,17,18)/t14-,15-,16-,18+,19-,20-,21-;/m0./s1. The maximum Gasteiger partial charge on any atom is 0.335 e. The quantitative estimate of drug-likeness (QED) is 0.217. The van der Waals surface area contributed by atoms with Gasteiger partial charge in [0.05, 0.1) is 28.2 Å². The highest BCUT2D eigenvalue weighted by Crippen LogP contribution is 2.67. The number of hydrogen-bond acceptors (Lipinski definition) is 9. The number of rotatable bonds is 4. The molecule has 1 aromatic heterocycles. The number of carbonyl (C=O) groups excluding carboxylic acids is 2. The average Bonchev–Trinajstić information content (AvgIpc) is 3.31. The summed E-state index contributed by atoms with van der Waals surface area (Å²) in [5.41, 5.74) is -0.498. The maximum atomic E-state index is 12.5. The van der Waals surface area contributed by atoms with Gasteiger partial charge < -0.3 is 19.7 Å². The van der Waals surface area contributed by atoms with Gasteiger partial charge in [-0.3, -0.25) is 18.6 Å². The number of allylic oxidation sites excluding steroid dienone is 1. The van der Waals surface area contributed by atoms with Crippen LogP contribution in [-0.4, -0.2) is 60.8 Å². The SMILES string of the molecule is CS(=O)c1ccc2oc3ccc(C(=O)O)cc3c(=O)c2c1.C[C@]12CCC(=O)C=C1CC[C@@H]1[C@@H]2[C@@H](O)C[C@@]2(C)[C@H]1CC[C@]2(O)C(=O)CS. The molecule has 3 fully saturated rings. The van der Waals surface area contributed by atoms with E-state index in [0.29, 0.717) is 41.2 Å². The molecule has 0 spiro atoms. The summed E-state index contributed by atoms with van der Waals surface area (Å²) in [6, 6.07) is 8.89. The predicted molar refractivity (Wildman–Crippen MR) is 181 cm³/mol. The third-order valence-corrected chi connectivity index (χ3v) is 13.1. The highest BCUT2D eigenvalue weighted by atomic mass is 32.2. The third-order valence-electron chi connectivity index (χ3n) is 11.9. The van der Waals surface area contributed by atoms with Crippen LogP contribution in [-0.2, 0) is 20.4 Å². The minimum atomic E-state index is -1.37. The van der Waals surface area contributed by atoms with Gasteiger partial charge in [-0.05, 0) is 104 Å². The molecule has 0 amide bonds. The molecule has 11 heteroatoms. The number of carboxylic acid groups (broad SMARTS) is 1. The Bertz CT molecular complexity index is 1860. The normalized spacial score (nSPS) is 33.6. The molecule has 47 heavy (non-hydrogen) atoms. The number of ketones is 2. The van der Waals surface area contributed by atoms with Crippen LogP contribution in [0.5, 0.6) is 0 Å². The van der Waals surface area contributed by atoms with Gasteiger partial charge in [-0.1, -0.05) is 19.4 Å². The number of carboxylic acids is 1. The second-order valence-corrected chi connectivity index (χ2v) is 15.8. The molecule has 3 aromatic rings. The number of Topliss-reactive ketones (excluding diaryl/α,β-unsaturated/α-hetero) is 1. The Morgan fingerprint density at radius 1 is 1.02 bits per heavy atom. The Morgan fingerprint density at radius 3 is 2.36 bits per heavy atom. The molecule has 3 saturated carbocycles. The number of benzene rings is 2. The van der Waals surface area contributed by atoms with Gasteiger partial charge >= 0.3 is 5.97 Å². The summed E-state index contributed by atoms with van der Waals surface area (Å²) in [5, 5.41) is 32.0. The Morgan fingerprint density at radius 2 is 1.70 bits per heavy atom. The number of fused-ring (bicyclic) bond motifs is 7. The summed E-state index contributed by atoms with van der Waals surface area (Å²) in [7, 11) is -1.21. The largest absolute Gasteiger partial charge is 0.478 e. The number of aromatic carboxylic acids is 1. The lowest BCUT2D eigenvalue weighted by Gasteiger charge is -2.60. The first kappa shape index (κ1) is 33.8. The van der Waals surface area contributed by atoms with E-state index in [9.17, 15) is 33.6 Å². The van der Waals surface area contributed by atoms with Crippen molar-refractivity contribution in [1.82, 2.24) is 0 Å². The van der Waals surface area contributed by atoms with Crippen LogP contribution in [0.2, 0.25) is 0 Å². The maximum absolute atomic E-state index is 12.5. The molecule has 2 aromatic carbocycles. The van der Waals surface area contributed by atoms with Crippen molar-refractivity contribution in [2.75, 3.05) is 12.0 Å². The van der Waals surface area contributed by atoms with Crippen molar-refractivity contribution >= 4 is 62.9 Å². The minimum Gasteiger partial charge on any atom is -0.478 e. The van der Waals surface area contributed by atoms with Gasteiger partial charge in [-0.25, -0.2) is 4.79 Å². The number of hydrogen-bond donors (Lipinski definition) is 4. The first-order chi connectivity index (χ1) is 22.1. The van der Waals surface area contributed by atoms with E-state index in [-0.39, 0.29) is 56.3 Å². The van der Waals surface area contributed by atoms with E-state index < -0.39 is 33.9 Å². The third kappa shape index (κ3) is 5.34. The van der Waals surface area contributed by atoms with E-state index >= 15 is 0 Å². The molecule has 1 heterocycles. The van der Waals surface area contributed by atoms with Crippen LogP contribution in [0.4, 0.5) is 0 Å². The molecular weight excluding hydrogens is 641 g/mol. The van der Waals surface area contributed by atoms with Crippen molar-refractivity contribution in [3.8, 4) is 0 Å². The number of aliphatic hydroxyl groups is 2. The van der Waals surface area contributed by atoms with Crippen LogP contribution in [0, 0.1) is 28.6 Å². The van der Waals surface area contributed by atoms with Crippen LogP contribution in [0.1, 0.15) is 69.2 Å². The first-order valence-electron chi connectivity index (χ1n) is 16.0. The predicted octanol–water partition coefficient (Wildman–Crippen LogP) is 5.10. The van der Waals surface area contributed by atoms with Crippen LogP contribution >= 0.6 is 12.6 Å². The van der Waals surface area contributed by atoms with E-state index in [1.165, 1.54) is 36.1 Å². The van der Waals surface area contributed by atoms with Crippen LogP contribution < -0.4 is 5.43 Å². The van der Waals surface area contributed by atoms with E-state index in [2.05, 4.69) is 19.6 Å². The Balaban J connectivity index is 0.000000168. The summed E-state index contributed by atoms with van der Waals surface area (Å²) < 4.78 is 17.1. The van der Waals surface area contributed by atoms with Crippen LogP contribution in [0.3, 0.4) is 0 Å². The molecule has 7 rings (SSSR count). The molecule has 3 N–H and O–H groups in total. The molecule has 9 nitrogen and oxygen atoms in total. The van der Waals surface area contributed by atoms with Gasteiger partial charge in [-0.15, -0.1) is 0 Å². The second-order valence-electron chi connectivity index (χ2n) is 14.1. The molecule has 0 aliphatic heterocycles. The molecule has 0 saturated heterocycles. The molecule has 0 radical (unpaired) electrons. The lowest BCUT2D eigenvalue weighted by molar-refractivity contribution is -0.178.